The maximum absolute atomic E-state index is 3.47. The first kappa shape index (κ1) is 18.3. The van der Waals surface area contributed by atoms with Gasteiger partial charge in [-0.1, -0.05) is 78.1 Å². The van der Waals surface area contributed by atoms with Gasteiger partial charge in [0.2, 0.25) is 0 Å². The van der Waals surface area contributed by atoms with Crippen LogP contribution in [0.5, 0.6) is 0 Å². The standard InChI is InChI=1S/C20H37N/c1-3-5-7-9-11-13-15-19-17-18-21-20(19)16-14-12-10-8-6-4-2/h17-18,21H,3-16H2,1-2H3. The van der Waals surface area contributed by atoms with Gasteiger partial charge in [0, 0.05) is 11.9 Å². The Bertz CT molecular complexity index is 296. The minimum atomic E-state index is 1.25. The summed E-state index contributed by atoms with van der Waals surface area (Å²) in [7, 11) is 0. The summed E-state index contributed by atoms with van der Waals surface area (Å²) in [6.07, 6.45) is 21.4. The van der Waals surface area contributed by atoms with Crippen LogP contribution in [0.4, 0.5) is 0 Å². The largest absolute Gasteiger partial charge is 0.365 e. The second-order valence-electron chi connectivity index (χ2n) is 6.52. The van der Waals surface area contributed by atoms with Crippen molar-refractivity contribution >= 4 is 0 Å². The van der Waals surface area contributed by atoms with E-state index in [1.165, 1.54) is 95.6 Å². The summed E-state index contributed by atoms with van der Waals surface area (Å²) in [5, 5.41) is 0. The SMILES string of the molecule is CCCCCCCCc1cc[nH]c1CCCCCCCC. The van der Waals surface area contributed by atoms with Gasteiger partial charge >= 0.3 is 0 Å². The van der Waals surface area contributed by atoms with Crippen LogP contribution in [-0.4, -0.2) is 4.98 Å². The lowest BCUT2D eigenvalue weighted by atomic mass is 10.0. The number of H-pyrrole nitrogens is 1. The molecule has 122 valence electrons. The molecule has 1 rings (SSSR count). The van der Waals surface area contributed by atoms with E-state index < -0.39 is 0 Å². The number of nitrogens with one attached hydrogen (secondary N) is 1. The van der Waals surface area contributed by atoms with E-state index in [1.54, 1.807) is 5.56 Å². The number of aryl methyl sites for hydroxylation is 2. The Kier molecular flexibility index (Phi) is 11.3. The number of aromatic amines is 1. The van der Waals surface area contributed by atoms with Gasteiger partial charge in [-0.05, 0) is 37.3 Å². The van der Waals surface area contributed by atoms with E-state index in [4.69, 9.17) is 0 Å². The molecule has 0 aliphatic heterocycles. The van der Waals surface area contributed by atoms with Gasteiger partial charge in [-0.15, -0.1) is 0 Å². The summed E-state index contributed by atoms with van der Waals surface area (Å²) in [4.78, 5) is 3.47. The Labute approximate surface area is 132 Å². The Morgan fingerprint density at radius 2 is 1.19 bits per heavy atom. The van der Waals surface area contributed by atoms with E-state index in [9.17, 15) is 0 Å². The summed E-state index contributed by atoms with van der Waals surface area (Å²) >= 11 is 0. The molecule has 0 saturated heterocycles. The van der Waals surface area contributed by atoms with E-state index in [0.717, 1.165) is 0 Å². The van der Waals surface area contributed by atoms with E-state index in [0.29, 0.717) is 0 Å². The van der Waals surface area contributed by atoms with Gasteiger partial charge in [0.1, 0.15) is 0 Å². The molecular formula is C20H37N. The summed E-state index contributed by atoms with van der Waals surface area (Å²) < 4.78 is 0. The van der Waals surface area contributed by atoms with E-state index in [2.05, 4.69) is 31.1 Å². The fourth-order valence-corrected chi connectivity index (χ4v) is 3.08. The molecule has 0 unspecified atom stereocenters. The zero-order chi connectivity index (χ0) is 15.2. The van der Waals surface area contributed by atoms with Gasteiger partial charge in [-0.25, -0.2) is 0 Å². The Hall–Kier alpha value is -0.720. The minimum Gasteiger partial charge on any atom is -0.365 e. The van der Waals surface area contributed by atoms with Gasteiger partial charge in [0.25, 0.3) is 0 Å². The molecule has 21 heavy (non-hydrogen) atoms. The topological polar surface area (TPSA) is 15.8 Å². The zero-order valence-corrected chi connectivity index (χ0v) is 14.6. The van der Waals surface area contributed by atoms with E-state index in [-0.39, 0.29) is 0 Å². The average molecular weight is 292 g/mol. The van der Waals surface area contributed by atoms with Crippen LogP contribution in [0.2, 0.25) is 0 Å². The molecule has 0 spiro atoms. The highest BCUT2D eigenvalue weighted by atomic mass is 14.7. The Morgan fingerprint density at radius 1 is 0.667 bits per heavy atom. The van der Waals surface area contributed by atoms with Crippen molar-refractivity contribution in [2.75, 3.05) is 0 Å². The minimum absolute atomic E-state index is 1.25. The second-order valence-corrected chi connectivity index (χ2v) is 6.52. The molecule has 0 aliphatic carbocycles. The lowest BCUT2D eigenvalue weighted by molar-refractivity contribution is 0.597. The van der Waals surface area contributed by atoms with Crippen LogP contribution in [0.25, 0.3) is 0 Å². The number of hydrogen-bond acceptors (Lipinski definition) is 0. The van der Waals surface area contributed by atoms with Crippen LogP contribution in [0.15, 0.2) is 12.3 Å². The predicted molar refractivity (Wildman–Crippen MR) is 95.0 cm³/mol. The van der Waals surface area contributed by atoms with Crippen molar-refractivity contribution in [3.05, 3.63) is 23.5 Å². The first-order valence-corrected chi connectivity index (χ1v) is 9.53. The Balaban J connectivity index is 2.09. The molecule has 1 N–H and O–H groups in total. The lowest BCUT2D eigenvalue weighted by Crippen LogP contribution is -1.93. The van der Waals surface area contributed by atoms with Crippen LogP contribution in [0, 0.1) is 0 Å². The molecule has 1 heteroatoms. The number of hydrogen-bond donors (Lipinski definition) is 1. The first-order chi connectivity index (χ1) is 10.4. The van der Waals surface area contributed by atoms with Crippen molar-refractivity contribution in [3.63, 3.8) is 0 Å². The lowest BCUT2D eigenvalue weighted by Gasteiger charge is -2.05. The molecule has 1 nitrogen and oxygen atoms in total. The number of aromatic nitrogens is 1. The third-order valence-electron chi connectivity index (χ3n) is 4.51. The monoisotopic (exact) mass is 291 g/mol. The van der Waals surface area contributed by atoms with Crippen LogP contribution >= 0.6 is 0 Å². The van der Waals surface area contributed by atoms with Crippen molar-refractivity contribution in [1.29, 1.82) is 0 Å². The van der Waals surface area contributed by atoms with Crippen molar-refractivity contribution in [2.45, 2.75) is 104 Å². The molecule has 1 aromatic rings. The van der Waals surface area contributed by atoms with Crippen LogP contribution in [0.1, 0.15) is 102 Å². The van der Waals surface area contributed by atoms with Crippen molar-refractivity contribution in [1.82, 2.24) is 4.98 Å². The maximum Gasteiger partial charge on any atom is 0.0179 e. The fraction of sp³-hybridized carbons (Fsp3) is 0.800. The highest BCUT2D eigenvalue weighted by Crippen LogP contribution is 2.16. The molecule has 1 aromatic heterocycles. The fourth-order valence-electron chi connectivity index (χ4n) is 3.08. The normalized spacial score (nSPS) is 11.1. The molecule has 0 amide bonds. The highest BCUT2D eigenvalue weighted by Gasteiger charge is 2.03. The molecule has 0 aromatic carbocycles. The smallest absolute Gasteiger partial charge is 0.0179 e. The maximum atomic E-state index is 3.47. The van der Waals surface area contributed by atoms with Gasteiger partial charge < -0.3 is 4.98 Å². The summed E-state index contributed by atoms with van der Waals surface area (Å²) in [5.41, 5.74) is 3.10. The van der Waals surface area contributed by atoms with E-state index in [1.807, 2.05) is 0 Å². The van der Waals surface area contributed by atoms with Crippen molar-refractivity contribution in [3.8, 4) is 0 Å². The van der Waals surface area contributed by atoms with Gasteiger partial charge in [-0.2, -0.15) is 0 Å². The quantitative estimate of drug-likeness (QED) is 0.362. The number of unbranched alkanes of at least 4 members (excludes halogenated alkanes) is 10. The second kappa shape index (κ2) is 13.0. The van der Waals surface area contributed by atoms with Crippen molar-refractivity contribution in [2.24, 2.45) is 0 Å². The molecule has 0 fully saturated rings. The van der Waals surface area contributed by atoms with Gasteiger partial charge in [0.15, 0.2) is 0 Å². The summed E-state index contributed by atoms with van der Waals surface area (Å²) in [5.74, 6) is 0. The van der Waals surface area contributed by atoms with Crippen molar-refractivity contribution < 1.29 is 0 Å². The molecular weight excluding hydrogens is 254 g/mol. The summed E-state index contributed by atoms with van der Waals surface area (Å²) in [6.45, 7) is 4.57. The van der Waals surface area contributed by atoms with Gasteiger partial charge in [-0.3, -0.25) is 0 Å². The van der Waals surface area contributed by atoms with Crippen LogP contribution in [-0.2, 0) is 12.8 Å². The summed E-state index contributed by atoms with van der Waals surface area (Å²) in [6, 6.07) is 2.30. The van der Waals surface area contributed by atoms with Gasteiger partial charge in [0.05, 0.1) is 0 Å². The molecule has 0 saturated carbocycles. The Morgan fingerprint density at radius 3 is 1.81 bits per heavy atom. The third kappa shape index (κ3) is 9.01. The molecule has 0 atom stereocenters. The highest BCUT2D eigenvalue weighted by molar-refractivity contribution is 5.20. The van der Waals surface area contributed by atoms with Crippen LogP contribution < -0.4 is 0 Å². The van der Waals surface area contributed by atoms with Crippen LogP contribution in [0.3, 0.4) is 0 Å². The zero-order valence-electron chi connectivity index (χ0n) is 14.6. The number of rotatable bonds is 14. The predicted octanol–water partition coefficient (Wildman–Crippen LogP) is 6.82. The molecule has 0 radical (unpaired) electrons. The average Bonchev–Trinajstić information content (AvgIpc) is 2.94. The molecule has 1 heterocycles. The first-order valence-electron chi connectivity index (χ1n) is 9.53. The molecule has 0 aliphatic rings. The molecule has 0 bridgehead atoms. The third-order valence-corrected chi connectivity index (χ3v) is 4.51. The van der Waals surface area contributed by atoms with E-state index >= 15 is 0 Å².